The molecule has 0 amide bonds. The maximum atomic E-state index is 8.30. The summed E-state index contributed by atoms with van der Waals surface area (Å²) in [7, 11) is 0. The number of rotatable bonds is 0. The third-order valence-electron chi connectivity index (χ3n) is 1.11. The maximum Gasteiger partial charge on any atom is -0.172 e. The molecule has 0 unspecified atom stereocenters. The SMILES string of the molecule is Cl.[O]=[Nb].c1cc[cH-]c1.c1cc[cH-]c1. The van der Waals surface area contributed by atoms with Crippen LogP contribution in [0.1, 0.15) is 0 Å². The average Bonchev–Trinajstić information content (AvgIpc) is 2.87. The van der Waals surface area contributed by atoms with Gasteiger partial charge in [-0.1, -0.05) is 0 Å². The number of halogens is 1. The second kappa shape index (κ2) is 14.1. The molecule has 0 saturated carbocycles. The van der Waals surface area contributed by atoms with Gasteiger partial charge in [0.1, 0.15) is 0 Å². The Balaban J connectivity index is 0. The normalized spacial score (nSPS) is 6.38. The minimum atomic E-state index is 0. The molecule has 71 valence electrons. The van der Waals surface area contributed by atoms with Crippen LogP contribution in [0.3, 0.4) is 0 Å². The second-order valence-corrected chi connectivity index (χ2v) is 1.92. The molecule has 13 heavy (non-hydrogen) atoms. The zero-order valence-electron chi connectivity index (χ0n) is 7.04. The molecule has 0 spiro atoms. The fraction of sp³-hybridized carbons (Fsp3) is 0. The Morgan fingerprint density at radius 1 is 0.692 bits per heavy atom. The molecule has 0 atom stereocenters. The summed E-state index contributed by atoms with van der Waals surface area (Å²) in [5.74, 6) is 0. The molecule has 3 heteroatoms. The Bertz CT molecular complexity index is 167. The molecule has 0 aliphatic heterocycles. The van der Waals surface area contributed by atoms with Crippen LogP contribution in [-0.4, -0.2) is 0 Å². The van der Waals surface area contributed by atoms with Gasteiger partial charge in [0.2, 0.25) is 0 Å². The molecular formula is C10H11ClNbO-2. The summed E-state index contributed by atoms with van der Waals surface area (Å²) in [5, 5.41) is 0. The van der Waals surface area contributed by atoms with E-state index in [0.29, 0.717) is 21.0 Å². The summed E-state index contributed by atoms with van der Waals surface area (Å²) < 4.78 is 8.30. The van der Waals surface area contributed by atoms with Gasteiger partial charge in [-0.15, -0.1) is 12.4 Å². The molecule has 0 aliphatic rings. The first-order valence-electron chi connectivity index (χ1n) is 3.52. The van der Waals surface area contributed by atoms with Crippen molar-refractivity contribution in [1.29, 1.82) is 0 Å². The smallest absolute Gasteiger partial charge is 0.172 e. The molecule has 0 fully saturated rings. The van der Waals surface area contributed by atoms with Crippen LogP contribution >= 0.6 is 12.4 Å². The third-order valence-corrected chi connectivity index (χ3v) is 1.11. The van der Waals surface area contributed by atoms with E-state index in [4.69, 9.17) is 3.25 Å². The Morgan fingerprint density at radius 3 is 1.00 bits per heavy atom. The molecule has 2 aromatic rings. The van der Waals surface area contributed by atoms with Crippen molar-refractivity contribution in [2.45, 2.75) is 0 Å². The van der Waals surface area contributed by atoms with E-state index in [2.05, 4.69) is 0 Å². The van der Waals surface area contributed by atoms with Crippen LogP contribution in [0.4, 0.5) is 0 Å². The molecule has 0 saturated heterocycles. The van der Waals surface area contributed by atoms with Gasteiger partial charge in [-0.25, -0.2) is 24.3 Å². The molecule has 0 N–H and O–H groups in total. The zero-order chi connectivity index (χ0) is 9.07. The van der Waals surface area contributed by atoms with E-state index in [1.54, 1.807) is 0 Å². The topological polar surface area (TPSA) is 17.1 Å². The van der Waals surface area contributed by atoms with Gasteiger partial charge in [-0.05, 0) is 0 Å². The van der Waals surface area contributed by atoms with Crippen molar-refractivity contribution in [2.75, 3.05) is 0 Å². The Kier molecular flexibility index (Phi) is 16.3. The standard InChI is InChI=1S/2C5H5.ClH.Nb.O/c2*1-2-4-5-3-1;;;/h2*1-5H;1H;;/q2*-1;;;. The van der Waals surface area contributed by atoms with E-state index >= 15 is 0 Å². The van der Waals surface area contributed by atoms with Crippen molar-refractivity contribution in [1.82, 2.24) is 0 Å². The van der Waals surface area contributed by atoms with E-state index in [-0.39, 0.29) is 12.4 Å². The second-order valence-electron chi connectivity index (χ2n) is 1.92. The number of hydrogen-bond acceptors (Lipinski definition) is 1. The van der Waals surface area contributed by atoms with Crippen molar-refractivity contribution >= 4 is 12.4 Å². The van der Waals surface area contributed by atoms with E-state index < -0.39 is 0 Å². The fourth-order valence-electron chi connectivity index (χ4n) is 0.642. The summed E-state index contributed by atoms with van der Waals surface area (Å²) in [6.45, 7) is 0. The van der Waals surface area contributed by atoms with E-state index in [9.17, 15) is 0 Å². The molecule has 0 heterocycles. The van der Waals surface area contributed by atoms with Crippen LogP contribution in [0.2, 0.25) is 0 Å². The van der Waals surface area contributed by atoms with Crippen molar-refractivity contribution in [3.8, 4) is 0 Å². The molecule has 2 aromatic carbocycles. The summed E-state index contributed by atoms with van der Waals surface area (Å²) in [6, 6.07) is 20.0. The molecular weight excluding hydrogens is 264 g/mol. The van der Waals surface area contributed by atoms with Crippen LogP contribution in [0.15, 0.2) is 60.7 Å². The van der Waals surface area contributed by atoms with Crippen LogP contribution < -0.4 is 0 Å². The van der Waals surface area contributed by atoms with Gasteiger partial charge < -0.3 is 0 Å². The molecule has 2 rings (SSSR count). The van der Waals surface area contributed by atoms with E-state index in [1.165, 1.54) is 0 Å². The summed E-state index contributed by atoms with van der Waals surface area (Å²) in [6.07, 6.45) is 0. The Labute approximate surface area is 97.2 Å². The summed E-state index contributed by atoms with van der Waals surface area (Å²) in [5.41, 5.74) is 0. The summed E-state index contributed by atoms with van der Waals surface area (Å²) >= 11 is 0.500. The Hall–Kier alpha value is -0.470. The molecule has 0 aromatic heterocycles. The average molecular weight is 276 g/mol. The molecule has 0 radical (unpaired) electrons. The predicted octanol–water partition coefficient (Wildman–Crippen LogP) is 3.11. The van der Waals surface area contributed by atoms with Gasteiger partial charge >= 0.3 is 24.3 Å². The van der Waals surface area contributed by atoms with E-state index in [0.717, 1.165) is 0 Å². The first-order chi connectivity index (χ1) is 6.00. The minimum Gasteiger partial charge on any atom is -0.214 e. The molecule has 1 nitrogen and oxygen atoms in total. The van der Waals surface area contributed by atoms with Gasteiger partial charge in [0, 0.05) is 0 Å². The molecule has 0 aliphatic carbocycles. The third kappa shape index (κ3) is 11.5. The van der Waals surface area contributed by atoms with Gasteiger partial charge in [0.15, 0.2) is 0 Å². The van der Waals surface area contributed by atoms with Crippen LogP contribution in [0.25, 0.3) is 0 Å². The van der Waals surface area contributed by atoms with Crippen LogP contribution in [-0.2, 0) is 24.3 Å². The zero-order valence-corrected chi connectivity index (χ0v) is 10.1. The maximum absolute atomic E-state index is 8.30. The van der Waals surface area contributed by atoms with Gasteiger partial charge in [0.25, 0.3) is 0 Å². The monoisotopic (exact) mass is 275 g/mol. The van der Waals surface area contributed by atoms with Crippen molar-refractivity contribution in [3.05, 3.63) is 60.7 Å². The van der Waals surface area contributed by atoms with Crippen molar-refractivity contribution in [3.63, 3.8) is 0 Å². The van der Waals surface area contributed by atoms with Crippen LogP contribution in [0.5, 0.6) is 0 Å². The fourth-order valence-corrected chi connectivity index (χ4v) is 0.642. The minimum absolute atomic E-state index is 0. The van der Waals surface area contributed by atoms with Crippen molar-refractivity contribution < 1.29 is 24.3 Å². The van der Waals surface area contributed by atoms with Gasteiger partial charge in [-0.3, -0.25) is 0 Å². The van der Waals surface area contributed by atoms with Gasteiger partial charge in [0.05, 0.1) is 0 Å². The largest absolute Gasteiger partial charge is 0.214 e. The first kappa shape index (κ1) is 15.0. The summed E-state index contributed by atoms with van der Waals surface area (Å²) in [4.78, 5) is 0. The van der Waals surface area contributed by atoms with Crippen LogP contribution in [0, 0.1) is 0 Å². The molecule has 0 bridgehead atoms. The number of hydrogen-bond donors (Lipinski definition) is 0. The van der Waals surface area contributed by atoms with Crippen molar-refractivity contribution in [2.24, 2.45) is 0 Å². The van der Waals surface area contributed by atoms with E-state index in [1.807, 2.05) is 60.7 Å². The Morgan fingerprint density at radius 2 is 0.923 bits per heavy atom. The van der Waals surface area contributed by atoms with Gasteiger partial charge in [-0.2, -0.15) is 36.4 Å². The first-order valence-corrected chi connectivity index (χ1v) is 4.41. The predicted molar refractivity (Wildman–Crippen MR) is 52.0 cm³/mol. The quantitative estimate of drug-likeness (QED) is 0.533.